The molecule has 12 rings (SSSR count). The lowest BCUT2D eigenvalue weighted by molar-refractivity contribution is 0.661. The predicted molar refractivity (Wildman–Crippen MR) is 261 cm³/mol. The summed E-state index contributed by atoms with van der Waals surface area (Å²) in [6.45, 7) is 4.77. The Kier molecular flexibility index (Phi) is 7.99. The molecule has 0 saturated heterocycles. The number of hydrogen-bond acceptors (Lipinski definition) is 0. The zero-order valence-corrected chi connectivity index (χ0v) is 34.3. The largest absolute Gasteiger partial charge is 0.0622 e. The van der Waals surface area contributed by atoms with Gasteiger partial charge in [-0.1, -0.05) is 184 Å². The fraction of sp³-hybridized carbons (Fsp3) is 0.0492. The lowest BCUT2D eigenvalue weighted by Crippen LogP contribution is -2.15. The maximum absolute atomic E-state index is 2.45. The second kappa shape index (κ2) is 13.8. The van der Waals surface area contributed by atoms with Crippen LogP contribution in [0.3, 0.4) is 0 Å². The Bertz CT molecular complexity index is 3530. The van der Waals surface area contributed by atoms with E-state index in [0.29, 0.717) is 0 Å². The Morgan fingerprint density at radius 2 is 0.672 bits per heavy atom. The van der Waals surface area contributed by atoms with E-state index in [1.54, 1.807) is 0 Å². The third kappa shape index (κ3) is 5.82. The van der Waals surface area contributed by atoms with Crippen LogP contribution in [-0.2, 0) is 5.41 Å². The Morgan fingerprint density at radius 3 is 1.34 bits per heavy atom. The summed E-state index contributed by atoms with van der Waals surface area (Å²) in [6, 6.07) is 81.4. The van der Waals surface area contributed by atoms with Crippen molar-refractivity contribution in [3.63, 3.8) is 0 Å². The van der Waals surface area contributed by atoms with Gasteiger partial charge >= 0.3 is 0 Å². The van der Waals surface area contributed by atoms with Gasteiger partial charge < -0.3 is 0 Å². The molecule has 11 aromatic carbocycles. The molecular formula is C61H42. The lowest BCUT2D eigenvalue weighted by Gasteiger charge is -2.23. The topological polar surface area (TPSA) is 0 Å². The fourth-order valence-electron chi connectivity index (χ4n) is 10.2. The van der Waals surface area contributed by atoms with Crippen molar-refractivity contribution >= 4 is 43.1 Å². The van der Waals surface area contributed by atoms with Gasteiger partial charge in [0.1, 0.15) is 0 Å². The molecule has 61 heavy (non-hydrogen) atoms. The average molecular weight is 775 g/mol. The van der Waals surface area contributed by atoms with E-state index in [1.807, 2.05) is 0 Å². The van der Waals surface area contributed by atoms with E-state index in [1.165, 1.54) is 121 Å². The van der Waals surface area contributed by atoms with E-state index < -0.39 is 0 Å². The third-order valence-electron chi connectivity index (χ3n) is 13.4. The van der Waals surface area contributed by atoms with Crippen molar-refractivity contribution in [2.45, 2.75) is 19.3 Å². The van der Waals surface area contributed by atoms with Gasteiger partial charge in [-0.15, -0.1) is 0 Å². The van der Waals surface area contributed by atoms with Crippen LogP contribution in [0.15, 0.2) is 218 Å². The van der Waals surface area contributed by atoms with Gasteiger partial charge in [0.15, 0.2) is 0 Å². The maximum atomic E-state index is 2.45. The first kappa shape index (κ1) is 35.4. The van der Waals surface area contributed by atoms with Gasteiger partial charge in [-0.2, -0.15) is 0 Å². The monoisotopic (exact) mass is 774 g/mol. The molecular weight excluding hydrogens is 733 g/mol. The molecule has 0 fully saturated rings. The number of fused-ring (bicyclic) bond motifs is 8. The predicted octanol–water partition coefficient (Wildman–Crippen LogP) is 16.9. The molecule has 0 heterocycles. The van der Waals surface area contributed by atoms with Gasteiger partial charge in [-0.25, -0.2) is 0 Å². The molecule has 0 aromatic heterocycles. The van der Waals surface area contributed by atoms with E-state index >= 15 is 0 Å². The van der Waals surface area contributed by atoms with Crippen molar-refractivity contribution in [1.82, 2.24) is 0 Å². The first-order chi connectivity index (χ1) is 30.0. The Morgan fingerprint density at radius 1 is 0.230 bits per heavy atom. The molecule has 1 aliphatic carbocycles. The molecule has 0 heteroatoms. The molecule has 0 amide bonds. The van der Waals surface area contributed by atoms with Crippen LogP contribution < -0.4 is 0 Å². The molecule has 0 spiro atoms. The van der Waals surface area contributed by atoms with E-state index in [-0.39, 0.29) is 5.41 Å². The minimum Gasteiger partial charge on any atom is -0.0622 e. The second-order valence-corrected chi connectivity index (χ2v) is 17.3. The highest BCUT2D eigenvalue weighted by Gasteiger charge is 2.36. The van der Waals surface area contributed by atoms with E-state index in [9.17, 15) is 0 Å². The summed E-state index contributed by atoms with van der Waals surface area (Å²) in [4.78, 5) is 0. The minimum atomic E-state index is -0.120. The Labute approximate surface area is 357 Å². The highest BCUT2D eigenvalue weighted by molar-refractivity contribution is 6.16. The number of hydrogen-bond donors (Lipinski definition) is 0. The van der Waals surface area contributed by atoms with Crippen molar-refractivity contribution in [3.8, 4) is 66.8 Å². The van der Waals surface area contributed by atoms with Crippen LogP contribution in [0.25, 0.3) is 110 Å². The van der Waals surface area contributed by atoms with Crippen LogP contribution in [0, 0.1) is 0 Å². The quantitative estimate of drug-likeness (QED) is 0.153. The summed E-state index contributed by atoms with van der Waals surface area (Å²) in [7, 11) is 0. The molecule has 0 atom stereocenters. The highest BCUT2D eigenvalue weighted by Crippen LogP contribution is 2.51. The summed E-state index contributed by atoms with van der Waals surface area (Å²) in [5.41, 5.74) is 17.7. The zero-order chi connectivity index (χ0) is 40.7. The van der Waals surface area contributed by atoms with E-state index in [4.69, 9.17) is 0 Å². The fourth-order valence-corrected chi connectivity index (χ4v) is 10.2. The first-order valence-electron chi connectivity index (χ1n) is 21.4. The molecule has 0 bridgehead atoms. The van der Waals surface area contributed by atoms with Crippen LogP contribution in [0.2, 0.25) is 0 Å². The van der Waals surface area contributed by atoms with Crippen LogP contribution in [0.5, 0.6) is 0 Å². The van der Waals surface area contributed by atoms with E-state index in [0.717, 1.165) is 0 Å². The van der Waals surface area contributed by atoms with Crippen molar-refractivity contribution in [3.05, 3.63) is 230 Å². The standard InChI is InChI=1S/C61H42/c1-61(2)59-37-46(39-13-5-3-6-14-39)24-29-53(59)54-30-25-47(38-60(54)61)45-23-27-51-50(32-45)36-57(48-22-21-40-15-9-10-18-42(40)31-48)58-35-49(26-28-52(51)58)56-34-44-20-12-11-19-43(44)33-55(56)41-16-7-4-8-17-41/h3-38H,1-2H3. The Hall–Kier alpha value is -7.54. The van der Waals surface area contributed by atoms with Crippen LogP contribution in [0.1, 0.15) is 25.0 Å². The molecule has 1 aliphatic rings. The molecule has 0 aliphatic heterocycles. The summed E-state index contributed by atoms with van der Waals surface area (Å²) in [5.74, 6) is 0. The molecule has 286 valence electrons. The maximum Gasteiger partial charge on any atom is 0.0159 e. The molecule has 0 unspecified atom stereocenters. The van der Waals surface area contributed by atoms with Gasteiger partial charge in [0.25, 0.3) is 0 Å². The molecule has 0 saturated carbocycles. The SMILES string of the molecule is CC1(C)c2cc(-c3ccccc3)ccc2-c2ccc(-c3ccc4c(c3)cc(-c3ccc5ccccc5c3)c3cc(-c5cc6ccccc6cc5-c5ccccc5)ccc34)cc21. The van der Waals surface area contributed by atoms with Crippen molar-refractivity contribution in [2.75, 3.05) is 0 Å². The molecule has 0 radical (unpaired) electrons. The zero-order valence-electron chi connectivity index (χ0n) is 34.3. The Balaban J connectivity index is 1.02. The summed E-state index contributed by atoms with van der Waals surface area (Å²) < 4.78 is 0. The summed E-state index contributed by atoms with van der Waals surface area (Å²) >= 11 is 0. The van der Waals surface area contributed by atoms with Gasteiger partial charge in [0.2, 0.25) is 0 Å². The third-order valence-corrected chi connectivity index (χ3v) is 13.4. The summed E-state index contributed by atoms with van der Waals surface area (Å²) in [6.07, 6.45) is 0. The summed E-state index contributed by atoms with van der Waals surface area (Å²) in [5, 5.41) is 10.0. The normalized spacial score (nSPS) is 12.9. The van der Waals surface area contributed by atoms with Crippen molar-refractivity contribution in [2.24, 2.45) is 0 Å². The van der Waals surface area contributed by atoms with Crippen LogP contribution >= 0.6 is 0 Å². The van der Waals surface area contributed by atoms with Crippen LogP contribution in [-0.4, -0.2) is 0 Å². The van der Waals surface area contributed by atoms with Gasteiger partial charge in [0.05, 0.1) is 0 Å². The van der Waals surface area contributed by atoms with Gasteiger partial charge in [-0.3, -0.25) is 0 Å². The molecule has 0 nitrogen and oxygen atoms in total. The van der Waals surface area contributed by atoms with Crippen LogP contribution in [0.4, 0.5) is 0 Å². The first-order valence-corrected chi connectivity index (χ1v) is 21.4. The average Bonchev–Trinajstić information content (AvgIpc) is 3.55. The van der Waals surface area contributed by atoms with Crippen molar-refractivity contribution in [1.29, 1.82) is 0 Å². The van der Waals surface area contributed by atoms with Gasteiger partial charge in [0, 0.05) is 5.41 Å². The van der Waals surface area contributed by atoms with E-state index in [2.05, 4.69) is 232 Å². The second-order valence-electron chi connectivity index (χ2n) is 17.3. The number of rotatable bonds is 5. The van der Waals surface area contributed by atoms with Crippen molar-refractivity contribution < 1.29 is 0 Å². The molecule has 11 aromatic rings. The minimum absolute atomic E-state index is 0.120. The lowest BCUT2D eigenvalue weighted by atomic mass is 9.80. The van der Waals surface area contributed by atoms with Gasteiger partial charge in [-0.05, 0) is 170 Å². The number of benzene rings is 11. The molecule has 0 N–H and O–H groups in total. The smallest absolute Gasteiger partial charge is 0.0159 e. The highest BCUT2D eigenvalue weighted by atomic mass is 14.4.